The smallest absolute Gasteiger partial charge is 0.338 e. The molecular formula is C17H26N4O2S. The van der Waals surface area contributed by atoms with Gasteiger partial charge in [-0.2, -0.15) is 10.2 Å². The fourth-order valence-electron chi connectivity index (χ4n) is 1.59. The van der Waals surface area contributed by atoms with Gasteiger partial charge in [-0.3, -0.25) is 0 Å². The van der Waals surface area contributed by atoms with E-state index in [1.54, 1.807) is 24.3 Å². The van der Waals surface area contributed by atoms with Gasteiger partial charge < -0.3 is 15.4 Å². The van der Waals surface area contributed by atoms with E-state index in [2.05, 4.69) is 20.9 Å². The number of carbonyl (C=O) groups is 1. The first kappa shape index (κ1) is 20.0. The fraction of sp³-hybridized carbons (Fsp3) is 0.529. The Kier molecular flexibility index (Phi) is 7.28. The van der Waals surface area contributed by atoms with E-state index in [0.717, 1.165) is 0 Å². The summed E-state index contributed by atoms with van der Waals surface area (Å²) in [6, 6.07) is 8.86. The van der Waals surface area contributed by atoms with Gasteiger partial charge in [0.1, 0.15) is 12.3 Å². The highest BCUT2D eigenvalue weighted by Crippen LogP contribution is 2.12. The molecular weight excluding hydrogens is 324 g/mol. The Morgan fingerprint density at radius 3 is 2.33 bits per heavy atom. The summed E-state index contributed by atoms with van der Waals surface area (Å²) < 4.78 is 5.17. The molecule has 1 aromatic carbocycles. The molecule has 0 aliphatic carbocycles. The van der Waals surface area contributed by atoms with E-state index in [4.69, 9.17) is 17.0 Å². The molecule has 0 spiro atoms. The van der Waals surface area contributed by atoms with Crippen molar-refractivity contribution in [3.63, 3.8) is 0 Å². The van der Waals surface area contributed by atoms with Gasteiger partial charge in [0, 0.05) is 0 Å². The molecule has 0 heterocycles. The SMILES string of the molecule is CC(C)(C)N=NC(C)(C)NC(=S)NCCOC(=O)c1ccccc1. The topological polar surface area (TPSA) is 75.1 Å². The van der Waals surface area contributed by atoms with Gasteiger partial charge in [-0.25, -0.2) is 4.79 Å². The summed E-state index contributed by atoms with van der Waals surface area (Å²) in [5.41, 5.74) is -0.320. The highest BCUT2D eigenvalue weighted by Gasteiger charge is 2.19. The normalized spacial score (nSPS) is 12.0. The summed E-state index contributed by atoms with van der Waals surface area (Å²) in [5.74, 6) is -0.351. The van der Waals surface area contributed by atoms with Crippen LogP contribution in [0.3, 0.4) is 0 Å². The Labute approximate surface area is 149 Å². The van der Waals surface area contributed by atoms with Crippen molar-refractivity contribution in [3.05, 3.63) is 35.9 Å². The zero-order valence-corrected chi connectivity index (χ0v) is 15.7. The van der Waals surface area contributed by atoms with Gasteiger partial charge in [-0.1, -0.05) is 18.2 Å². The van der Waals surface area contributed by atoms with E-state index in [9.17, 15) is 4.79 Å². The molecule has 7 heteroatoms. The van der Waals surface area contributed by atoms with Crippen LogP contribution >= 0.6 is 12.2 Å². The van der Waals surface area contributed by atoms with Crippen molar-refractivity contribution in [3.8, 4) is 0 Å². The van der Waals surface area contributed by atoms with Crippen molar-refractivity contribution in [1.82, 2.24) is 10.6 Å². The predicted molar refractivity (Wildman–Crippen MR) is 99.1 cm³/mol. The standard InChI is InChI=1S/C17H26N4O2S/c1-16(2,3)20-21-17(4,5)19-15(24)18-11-12-23-14(22)13-9-7-6-8-10-13/h6-10H,11-12H2,1-5H3,(H2,18,19,24). The fourth-order valence-corrected chi connectivity index (χ4v) is 1.94. The van der Waals surface area contributed by atoms with Crippen LogP contribution < -0.4 is 10.6 Å². The second-order valence-electron chi connectivity index (χ2n) is 6.81. The molecule has 0 saturated carbocycles. The number of nitrogens with zero attached hydrogens (tertiary/aromatic N) is 2. The van der Waals surface area contributed by atoms with Gasteiger partial charge in [0.2, 0.25) is 0 Å². The average molecular weight is 350 g/mol. The van der Waals surface area contributed by atoms with Crippen LogP contribution in [-0.4, -0.2) is 35.4 Å². The van der Waals surface area contributed by atoms with Crippen molar-refractivity contribution >= 4 is 23.3 Å². The van der Waals surface area contributed by atoms with E-state index in [0.29, 0.717) is 17.2 Å². The largest absolute Gasteiger partial charge is 0.460 e. The molecule has 2 N–H and O–H groups in total. The molecule has 1 aromatic rings. The monoisotopic (exact) mass is 350 g/mol. The minimum Gasteiger partial charge on any atom is -0.460 e. The molecule has 132 valence electrons. The predicted octanol–water partition coefficient (Wildman–Crippen LogP) is 3.29. The second kappa shape index (κ2) is 8.73. The van der Waals surface area contributed by atoms with Gasteiger partial charge in [0.05, 0.1) is 17.6 Å². The highest BCUT2D eigenvalue weighted by molar-refractivity contribution is 7.80. The van der Waals surface area contributed by atoms with Gasteiger partial charge in [0.25, 0.3) is 0 Å². The number of rotatable bonds is 6. The summed E-state index contributed by atoms with van der Waals surface area (Å²) >= 11 is 5.22. The van der Waals surface area contributed by atoms with Crippen molar-refractivity contribution < 1.29 is 9.53 Å². The minimum atomic E-state index is -0.613. The lowest BCUT2D eigenvalue weighted by molar-refractivity contribution is 0.0512. The molecule has 0 radical (unpaired) electrons. The maximum Gasteiger partial charge on any atom is 0.338 e. The minimum absolute atomic E-state index is 0.222. The summed E-state index contributed by atoms with van der Waals surface area (Å²) in [6.07, 6.45) is 0. The van der Waals surface area contributed by atoms with Crippen molar-refractivity contribution in [2.24, 2.45) is 10.2 Å². The van der Waals surface area contributed by atoms with Crippen molar-refractivity contribution in [2.75, 3.05) is 13.2 Å². The van der Waals surface area contributed by atoms with Crippen LogP contribution in [0.1, 0.15) is 45.0 Å². The van der Waals surface area contributed by atoms with Crippen LogP contribution in [0.4, 0.5) is 0 Å². The zero-order chi connectivity index (χ0) is 18.2. The second-order valence-corrected chi connectivity index (χ2v) is 7.22. The van der Waals surface area contributed by atoms with Crippen LogP contribution in [0.2, 0.25) is 0 Å². The van der Waals surface area contributed by atoms with Crippen LogP contribution in [0.15, 0.2) is 40.6 Å². The number of carbonyl (C=O) groups excluding carboxylic acids is 1. The third-order valence-electron chi connectivity index (χ3n) is 2.65. The van der Waals surface area contributed by atoms with Crippen LogP contribution in [0.25, 0.3) is 0 Å². The molecule has 0 aromatic heterocycles. The third-order valence-corrected chi connectivity index (χ3v) is 2.90. The lowest BCUT2D eigenvalue weighted by Crippen LogP contribution is -2.47. The molecule has 0 fully saturated rings. The molecule has 0 aliphatic rings. The molecule has 0 unspecified atom stereocenters. The maximum absolute atomic E-state index is 11.8. The van der Waals surface area contributed by atoms with E-state index in [1.807, 2.05) is 40.7 Å². The molecule has 0 saturated heterocycles. The van der Waals surface area contributed by atoms with Gasteiger partial charge in [-0.05, 0) is 59.0 Å². The quantitative estimate of drug-likeness (QED) is 0.356. The van der Waals surface area contributed by atoms with E-state index in [-0.39, 0.29) is 18.1 Å². The zero-order valence-electron chi connectivity index (χ0n) is 14.9. The third kappa shape index (κ3) is 8.57. The number of hydrogen-bond donors (Lipinski definition) is 2. The number of azo groups is 1. The van der Waals surface area contributed by atoms with Crippen LogP contribution in [0, 0.1) is 0 Å². The number of thiocarbonyl (C=S) groups is 1. The molecule has 6 nitrogen and oxygen atoms in total. The number of benzene rings is 1. The Hall–Kier alpha value is -2.02. The number of nitrogens with one attached hydrogen (secondary N) is 2. The Balaban J connectivity index is 2.31. The first-order valence-electron chi connectivity index (χ1n) is 7.81. The van der Waals surface area contributed by atoms with Crippen molar-refractivity contribution in [1.29, 1.82) is 0 Å². The summed E-state index contributed by atoms with van der Waals surface area (Å²) in [7, 11) is 0. The highest BCUT2D eigenvalue weighted by atomic mass is 32.1. The molecule has 0 atom stereocenters. The van der Waals surface area contributed by atoms with Crippen molar-refractivity contribution in [2.45, 2.75) is 45.8 Å². The summed E-state index contributed by atoms with van der Waals surface area (Å²) in [4.78, 5) is 11.8. The summed E-state index contributed by atoms with van der Waals surface area (Å²) in [5, 5.41) is 15.0. The van der Waals surface area contributed by atoms with Gasteiger partial charge >= 0.3 is 5.97 Å². The van der Waals surface area contributed by atoms with Gasteiger partial charge in [-0.15, -0.1) is 0 Å². The van der Waals surface area contributed by atoms with E-state index >= 15 is 0 Å². The van der Waals surface area contributed by atoms with Crippen LogP contribution in [0.5, 0.6) is 0 Å². The van der Waals surface area contributed by atoms with Crippen LogP contribution in [-0.2, 0) is 4.74 Å². The maximum atomic E-state index is 11.8. The Morgan fingerprint density at radius 2 is 1.75 bits per heavy atom. The number of ether oxygens (including phenoxy) is 1. The lowest BCUT2D eigenvalue weighted by atomic mass is 10.1. The first-order valence-corrected chi connectivity index (χ1v) is 8.22. The molecule has 0 amide bonds. The van der Waals surface area contributed by atoms with E-state index < -0.39 is 5.66 Å². The molecule has 1 rings (SSSR count). The number of hydrogen-bond acceptors (Lipinski definition) is 5. The molecule has 24 heavy (non-hydrogen) atoms. The first-order chi connectivity index (χ1) is 11.1. The Bertz CT molecular complexity index is 580. The lowest BCUT2D eigenvalue weighted by Gasteiger charge is -2.24. The Morgan fingerprint density at radius 1 is 1.12 bits per heavy atom. The molecule has 0 aliphatic heterocycles. The summed E-state index contributed by atoms with van der Waals surface area (Å²) in [6.45, 7) is 10.3. The van der Waals surface area contributed by atoms with E-state index in [1.165, 1.54) is 0 Å². The molecule has 0 bridgehead atoms. The number of esters is 1. The average Bonchev–Trinajstić information content (AvgIpc) is 2.49. The van der Waals surface area contributed by atoms with Gasteiger partial charge in [0.15, 0.2) is 5.11 Å².